The monoisotopic (exact) mass is 335 g/mol. The molecule has 2 aliphatic rings. The van der Waals surface area contributed by atoms with Crippen molar-refractivity contribution in [2.75, 3.05) is 27.2 Å². The molecular formula is C16H25N5O3. The zero-order chi connectivity index (χ0) is 17.1. The molecule has 1 aliphatic heterocycles. The molecule has 8 heteroatoms. The highest BCUT2D eigenvalue weighted by Gasteiger charge is 2.35. The van der Waals surface area contributed by atoms with Crippen LogP contribution in [0.25, 0.3) is 0 Å². The fourth-order valence-electron chi connectivity index (χ4n) is 3.76. The molecule has 0 aromatic carbocycles. The van der Waals surface area contributed by atoms with Gasteiger partial charge < -0.3 is 14.7 Å². The van der Waals surface area contributed by atoms with E-state index < -0.39 is 0 Å². The van der Waals surface area contributed by atoms with Gasteiger partial charge in [0.15, 0.2) is 0 Å². The summed E-state index contributed by atoms with van der Waals surface area (Å²) in [5.74, 6) is 0.725. The Kier molecular flexibility index (Phi) is 5.13. The fraction of sp³-hybridized carbons (Fsp3) is 0.750. The van der Waals surface area contributed by atoms with Gasteiger partial charge in [-0.05, 0) is 25.8 Å². The van der Waals surface area contributed by atoms with Gasteiger partial charge in [-0.25, -0.2) is 0 Å². The van der Waals surface area contributed by atoms with E-state index in [1.54, 1.807) is 0 Å². The summed E-state index contributed by atoms with van der Waals surface area (Å²) in [6, 6.07) is 0.457. The Balaban J connectivity index is 1.50. The first kappa shape index (κ1) is 16.9. The maximum absolute atomic E-state index is 12.2. The molecule has 132 valence electrons. The Morgan fingerprint density at radius 3 is 2.88 bits per heavy atom. The molecule has 1 saturated carbocycles. The molecule has 0 spiro atoms. The summed E-state index contributed by atoms with van der Waals surface area (Å²) >= 11 is 0. The van der Waals surface area contributed by atoms with Crippen LogP contribution in [0, 0.1) is 5.92 Å². The fourth-order valence-corrected chi connectivity index (χ4v) is 3.76. The van der Waals surface area contributed by atoms with Crippen LogP contribution in [0.15, 0.2) is 4.52 Å². The minimum atomic E-state index is -0.360. The number of nitrogens with one attached hydrogen (secondary N) is 1. The van der Waals surface area contributed by atoms with Crippen molar-refractivity contribution in [3.05, 3.63) is 11.7 Å². The molecule has 1 atom stereocenters. The van der Waals surface area contributed by atoms with Crippen molar-refractivity contribution >= 4 is 11.8 Å². The van der Waals surface area contributed by atoms with Gasteiger partial charge in [-0.2, -0.15) is 4.98 Å². The molecule has 0 radical (unpaired) electrons. The topological polar surface area (TPSA) is 91.6 Å². The first-order valence-electron chi connectivity index (χ1n) is 8.59. The number of carbonyl (C=O) groups excluding carboxylic acids is 2. The molecule has 2 amide bonds. The van der Waals surface area contributed by atoms with Crippen molar-refractivity contribution in [1.82, 2.24) is 25.3 Å². The Labute approximate surface area is 141 Å². The smallest absolute Gasteiger partial charge is 0.292 e. The number of hydrogen-bond acceptors (Lipinski definition) is 6. The van der Waals surface area contributed by atoms with Crippen LogP contribution in [0.5, 0.6) is 0 Å². The third kappa shape index (κ3) is 3.75. The highest BCUT2D eigenvalue weighted by molar-refractivity contribution is 5.89. The van der Waals surface area contributed by atoms with E-state index in [-0.39, 0.29) is 11.7 Å². The number of carbonyl (C=O) groups is 2. The van der Waals surface area contributed by atoms with Gasteiger partial charge in [0.05, 0.1) is 6.54 Å². The van der Waals surface area contributed by atoms with Crippen LogP contribution in [0.3, 0.4) is 0 Å². The average molecular weight is 335 g/mol. The Hall–Kier alpha value is -1.96. The largest absolute Gasteiger partial charge is 0.352 e. The molecule has 2 heterocycles. The maximum Gasteiger partial charge on any atom is 0.292 e. The molecule has 2 fully saturated rings. The Bertz CT molecular complexity index is 596. The van der Waals surface area contributed by atoms with Crippen LogP contribution >= 0.6 is 0 Å². The quantitative estimate of drug-likeness (QED) is 0.821. The van der Waals surface area contributed by atoms with Gasteiger partial charge in [-0.1, -0.05) is 18.0 Å². The SMILES string of the molecule is CNC(=O)c1noc(CN(C)CC2CC(=O)N(C3CCCC3)C2)n1. The van der Waals surface area contributed by atoms with Crippen molar-refractivity contribution in [3.63, 3.8) is 0 Å². The van der Waals surface area contributed by atoms with Gasteiger partial charge in [-0.3, -0.25) is 14.5 Å². The molecule has 1 N–H and O–H groups in total. The summed E-state index contributed by atoms with van der Waals surface area (Å²) in [7, 11) is 3.49. The van der Waals surface area contributed by atoms with Crippen molar-refractivity contribution in [1.29, 1.82) is 0 Å². The first-order valence-corrected chi connectivity index (χ1v) is 8.59. The molecule has 1 aromatic heterocycles. The van der Waals surface area contributed by atoms with Crippen LogP contribution in [0.4, 0.5) is 0 Å². The van der Waals surface area contributed by atoms with Crippen molar-refractivity contribution in [3.8, 4) is 0 Å². The maximum atomic E-state index is 12.2. The summed E-state index contributed by atoms with van der Waals surface area (Å²) in [5.41, 5.74) is 0. The second kappa shape index (κ2) is 7.29. The lowest BCUT2D eigenvalue weighted by molar-refractivity contribution is -0.129. The van der Waals surface area contributed by atoms with E-state index in [1.165, 1.54) is 19.9 Å². The summed E-state index contributed by atoms with van der Waals surface area (Å²) in [5, 5.41) is 6.12. The Morgan fingerprint density at radius 2 is 2.17 bits per heavy atom. The molecule has 1 aliphatic carbocycles. The van der Waals surface area contributed by atoms with Gasteiger partial charge in [-0.15, -0.1) is 0 Å². The number of hydrogen-bond donors (Lipinski definition) is 1. The van der Waals surface area contributed by atoms with E-state index in [0.29, 0.717) is 36.7 Å². The molecule has 1 aromatic rings. The third-order valence-electron chi connectivity index (χ3n) is 4.88. The van der Waals surface area contributed by atoms with Gasteiger partial charge in [0.1, 0.15) is 0 Å². The number of nitrogens with zero attached hydrogens (tertiary/aromatic N) is 4. The summed E-state index contributed by atoms with van der Waals surface area (Å²) in [6.45, 7) is 2.12. The normalized spacial score (nSPS) is 21.9. The molecule has 0 bridgehead atoms. The van der Waals surface area contributed by atoms with Gasteiger partial charge in [0, 0.05) is 32.6 Å². The molecule has 8 nitrogen and oxygen atoms in total. The zero-order valence-corrected chi connectivity index (χ0v) is 14.3. The van der Waals surface area contributed by atoms with E-state index in [2.05, 4.69) is 25.3 Å². The minimum Gasteiger partial charge on any atom is -0.352 e. The predicted molar refractivity (Wildman–Crippen MR) is 86.1 cm³/mol. The van der Waals surface area contributed by atoms with Gasteiger partial charge >= 0.3 is 0 Å². The number of amides is 2. The van der Waals surface area contributed by atoms with Crippen LogP contribution in [-0.4, -0.2) is 65.0 Å². The lowest BCUT2D eigenvalue weighted by Crippen LogP contribution is -2.35. The minimum absolute atomic E-state index is 0.0457. The van der Waals surface area contributed by atoms with Crippen LogP contribution in [0.1, 0.15) is 48.6 Å². The van der Waals surface area contributed by atoms with Gasteiger partial charge in [0.25, 0.3) is 11.7 Å². The van der Waals surface area contributed by atoms with E-state index >= 15 is 0 Å². The number of aromatic nitrogens is 2. The lowest BCUT2D eigenvalue weighted by Gasteiger charge is -2.25. The molecule has 3 rings (SSSR count). The van der Waals surface area contributed by atoms with E-state index in [4.69, 9.17) is 4.52 Å². The van der Waals surface area contributed by atoms with Crippen molar-refractivity contribution < 1.29 is 14.1 Å². The van der Waals surface area contributed by atoms with Crippen molar-refractivity contribution in [2.45, 2.75) is 44.7 Å². The first-order chi connectivity index (χ1) is 11.6. The Morgan fingerprint density at radius 1 is 1.42 bits per heavy atom. The predicted octanol–water partition coefficient (Wildman–Crippen LogP) is 0.652. The zero-order valence-electron chi connectivity index (χ0n) is 14.3. The van der Waals surface area contributed by atoms with Crippen LogP contribution in [-0.2, 0) is 11.3 Å². The van der Waals surface area contributed by atoms with E-state index in [1.807, 2.05) is 7.05 Å². The van der Waals surface area contributed by atoms with Crippen LogP contribution < -0.4 is 5.32 Å². The summed E-state index contributed by atoms with van der Waals surface area (Å²) < 4.78 is 5.11. The van der Waals surface area contributed by atoms with Gasteiger partial charge in [0.2, 0.25) is 11.8 Å². The lowest BCUT2D eigenvalue weighted by atomic mass is 10.1. The summed E-state index contributed by atoms with van der Waals surface area (Å²) in [6.07, 6.45) is 5.40. The number of likely N-dealkylation sites (tertiary alicyclic amines) is 1. The molecular weight excluding hydrogens is 310 g/mol. The number of rotatable bonds is 6. The average Bonchev–Trinajstić information content (AvgIpc) is 3.27. The second-order valence-electron chi connectivity index (χ2n) is 6.84. The molecule has 1 saturated heterocycles. The third-order valence-corrected chi connectivity index (χ3v) is 4.88. The van der Waals surface area contributed by atoms with Crippen LogP contribution in [0.2, 0.25) is 0 Å². The highest BCUT2D eigenvalue weighted by Crippen LogP contribution is 2.29. The summed E-state index contributed by atoms with van der Waals surface area (Å²) in [4.78, 5) is 31.9. The van der Waals surface area contributed by atoms with Crippen molar-refractivity contribution in [2.24, 2.45) is 5.92 Å². The molecule has 1 unspecified atom stereocenters. The molecule has 24 heavy (non-hydrogen) atoms. The second-order valence-corrected chi connectivity index (χ2v) is 6.84. The highest BCUT2D eigenvalue weighted by atomic mass is 16.5. The standard InChI is InChI=1S/C16H25N5O3/c1-17-16(23)15-18-13(24-19-15)10-20(2)8-11-7-14(22)21(9-11)12-5-3-4-6-12/h11-12H,3-10H2,1-2H3,(H,17,23). The van der Waals surface area contributed by atoms with E-state index in [9.17, 15) is 9.59 Å². The van der Waals surface area contributed by atoms with E-state index in [0.717, 1.165) is 25.9 Å².